The van der Waals surface area contributed by atoms with Crippen LogP contribution in [0.25, 0.3) is 0 Å². The van der Waals surface area contributed by atoms with Gasteiger partial charge in [0.05, 0.1) is 11.6 Å². The zero-order valence-corrected chi connectivity index (χ0v) is 15.4. The molecular weight excluding hydrogens is 320 g/mol. The molecule has 2 heterocycles. The third-order valence-corrected chi connectivity index (χ3v) is 4.95. The molecule has 0 saturated carbocycles. The van der Waals surface area contributed by atoms with Crippen LogP contribution in [0.2, 0.25) is 0 Å². The van der Waals surface area contributed by atoms with Crippen molar-refractivity contribution in [2.24, 2.45) is 0 Å². The number of carbonyl (C=O) groups is 1. The van der Waals surface area contributed by atoms with Crippen LogP contribution in [-0.4, -0.2) is 66.9 Å². The van der Waals surface area contributed by atoms with E-state index in [-0.39, 0.29) is 17.7 Å². The van der Waals surface area contributed by atoms with Crippen molar-refractivity contribution in [1.29, 1.82) is 0 Å². The summed E-state index contributed by atoms with van der Waals surface area (Å²) in [5.41, 5.74) is -0.173. The Hall–Kier alpha value is -1.95. The number of hydrogen-bond donors (Lipinski definition) is 0. The molecule has 2 saturated heterocycles. The minimum atomic E-state index is -0.173. The van der Waals surface area contributed by atoms with Crippen LogP contribution in [0.1, 0.15) is 27.2 Å². The predicted molar refractivity (Wildman–Crippen MR) is 95.2 cm³/mol. The topological polar surface area (TPSA) is 51.2 Å². The van der Waals surface area contributed by atoms with E-state index in [1.807, 2.05) is 43.0 Å². The number of para-hydroxylation sites is 2. The molecule has 0 aliphatic carbocycles. The maximum Gasteiger partial charge on any atom is 0.410 e. The molecule has 1 amide bonds. The fraction of sp³-hybridized carbons (Fsp3) is 0.632. The summed E-state index contributed by atoms with van der Waals surface area (Å²) in [5, 5.41) is 0. The lowest BCUT2D eigenvalue weighted by Crippen LogP contribution is -2.61. The Morgan fingerprint density at radius 3 is 2.72 bits per heavy atom. The standard InChI is InChI=1S/C19H28N2O4/c1-4-19-13-20(9-10-21(19)18(22)24-14-19)11-12-23-16-7-5-6-8-17(16)25-15(2)3/h5-8,15H,4,9-14H2,1-3H3. The van der Waals surface area contributed by atoms with Crippen molar-refractivity contribution in [2.75, 3.05) is 39.4 Å². The van der Waals surface area contributed by atoms with Crippen molar-refractivity contribution in [2.45, 2.75) is 38.8 Å². The number of rotatable bonds is 7. The molecule has 138 valence electrons. The van der Waals surface area contributed by atoms with Crippen LogP contribution >= 0.6 is 0 Å². The normalized spacial score (nSPS) is 23.5. The summed E-state index contributed by atoms with van der Waals surface area (Å²) in [7, 11) is 0. The Balaban J connectivity index is 1.54. The second-order valence-corrected chi connectivity index (χ2v) is 7.02. The molecule has 2 aliphatic rings. The molecular formula is C19H28N2O4. The minimum Gasteiger partial charge on any atom is -0.488 e. The minimum absolute atomic E-state index is 0.113. The highest BCUT2D eigenvalue weighted by atomic mass is 16.6. The number of carbonyl (C=O) groups excluding carboxylic acids is 1. The van der Waals surface area contributed by atoms with Gasteiger partial charge in [0.1, 0.15) is 13.2 Å². The number of ether oxygens (including phenoxy) is 3. The van der Waals surface area contributed by atoms with Crippen molar-refractivity contribution in [3.63, 3.8) is 0 Å². The highest BCUT2D eigenvalue weighted by Crippen LogP contribution is 2.32. The largest absolute Gasteiger partial charge is 0.488 e. The van der Waals surface area contributed by atoms with Crippen molar-refractivity contribution < 1.29 is 19.0 Å². The fourth-order valence-electron chi connectivity index (χ4n) is 3.54. The molecule has 25 heavy (non-hydrogen) atoms. The van der Waals surface area contributed by atoms with Crippen LogP contribution in [-0.2, 0) is 4.74 Å². The molecule has 2 fully saturated rings. The Kier molecular flexibility index (Phi) is 5.37. The molecule has 1 unspecified atom stereocenters. The molecule has 0 N–H and O–H groups in total. The third kappa shape index (κ3) is 3.84. The van der Waals surface area contributed by atoms with Crippen LogP contribution in [0.4, 0.5) is 4.79 Å². The quantitative estimate of drug-likeness (QED) is 0.758. The van der Waals surface area contributed by atoms with Gasteiger partial charge in [0.25, 0.3) is 0 Å². The number of cyclic esters (lactones) is 1. The first kappa shape index (κ1) is 17.9. The summed E-state index contributed by atoms with van der Waals surface area (Å²) >= 11 is 0. The van der Waals surface area contributed by atoms with Crippen molar-refractivity contribution in [3.05, 3.63) is 24.3 Å². The lowest BCUT2D eigenvalue weighted by Gasteiger charge is -2.44. The molecule has 1 aromatic rings. The van der Waals surface area contributed by atoms with Gasteiger partial charge in [0.2, 0.25) is 0 Å². The molecule has 3 rings (SSSR count). The van der Waals surface area contributed by atoms with Gasteiger partial charge in [-0.25, -0.2) is 4.79 Å². The van der Waals surface area contributed by atoms with Crippen molar-refractivity contribution in [1.82, 2.24) is 9.80 Å². The van der Waals surface area contributed by atoms with Crippen LogP contribution < -0.4 is 9.47 Å². The van der Waals surface area contributed by atoms with Gasteiger partial charge >= 0.3 is 6.09 Å². The third-order valence-electron chi connectivity index (χ3n) is 4.95. The van der Waals surface area contributed by atoms with E-state index >= 15 is 0 Å². The number of benzene rings is 1. The highest BCUT2D eigenvalue weighted by Gasteiger charge is 2.49. The predicted octanol–water partition coefficient (Wildman–Crippen LogP) is 2.77. The second-order valence-electron chi connectivity index (χ2n) is 7.02. The van der Waals surface area contributed by atoms with Crippen molar-refractivity contribution in [3.8, 4) is 11.5 Å². The van der Waals surface area contributed by atoms with Crippen LogP contribution in [0.3, 0.4) is 0 Å². The Morgan fingerprint density at radius 2 is 2.00 bits per heavy atom. The average Bonchev–Trinajstić information content (AvgIpc) is 2.93. The maximum absolute atomic E-state index is 11.9. The summed E-state index contributed by atoms with van der Waals surface area (Å²) < 4.78 is 17.0. The molecule has 0 aromatic heterocycles. The smallest absolute Gasteiger partial charge is 0.410 e. The Morgan fingerprint density at radius 1 is 1.24 bits per heavy atom. The Labute approximate surface area is 149 Å². The lowest BCUT2D eigenvalue weighted by atomic mass is 9.93. The molecule has 1 aromatic carbocycles. The molecule has 6 heteroatoms. The van der Waals surface area contributed by atoms with E-state index in [0.29, 0.717) is 13.2 Å². The maximum atomic E-state index is 11.9. The summed E-state index contributed by atoms with van der Waals surface area (Å²) in [6.45, 7) is 10.4. The van der Waals surface area contributed by atoms with Crippen LogP contribution in [0.15, 0.2) is 24.3 Å². The second kappa shape index (κ2) is 7.52. The zero-order chi connectivity index (χ0) is 17.9. The molecule has 0 radical (unpaired) electrons. The average molecular weight is 348 g/mol. The highest BCUT2D eigenvalue weighted by molar-refractivity contribution is 5.71. The van der Waals surface area contributed by atoms with Gasteiger partial charge in [-0.05, 0) is 32.4 Å². The van der Waals surface area contributed by atoms with Gasteiger partial charge in [0.15, 0.2) is 11.5 Å². The SMILES string of the molecule is CCC12COC(=O)N1CCN(CCOc1ccccc1OC(C)C)C2. The summed E-state index contributed by atoms with van der Waals surface area (Å²) in [4.78, 5) is 16.1. The summed E-state index contributed by atoms with van der Waals surface area (Å²) in [6, 6.07) is 7.77. The van der Waals surface area contributed by atoms with Gasteiger partial charge in [-0.1, -0.05) is 19.1 Å². The first-order chi connectivity index (χ1) is 12.0. The Bertz CT molecular complexity index is 607. The zero-order valence-electron chi connectivity index (χ0n) is 15.4. The number of hydrogen-bond acceptors (Lipinski definition) is 5. The van der Waals surface area contributed by atoms with E-state index < -0.39 is 0 Å². The summed E-state index contributed by atoms with van der Waals surface area (Å²) in [5.74, 6) is 1.56. The number of amides is 1. The first-order valence-corrected chi connectivity index (χ1v) is 9.09. The van der Waals surface area contributed by atoms with E-state index in [4.69, 9.17) is 14.2 Å². The van der Waals surface area contributed by atoms with Crippen LogP contribution in [0, 0.1) is 0 Å². The number of piperazine rings is 1. The molecule has 0 bridgehead atoms. The fourth-order valence-corrected chi connectivity index (χ4v) is 3.54. The van der Waals surface area contributed by atoms with Gasteiger partial charge in [-0.3, -0.25) is 9.80 Å². The van der Waals surface area contributed by atoms with Crippen molar-refractivity contribution >= 4 is 6.09 Å². The molecule has 2 aliphatic heterocycles. The van der Waals surface area contributed by atoms with Gasteiger partial charge < -0.3 is 14.2 Å². The first-order valence-electron chi connectivity index (χ1n) is 9.09. The van der Waals surface area contributed by atoms with Crippen LogP contribution in [0.5, 0.6) is 11.5 Å². The monoisotopic (exact) mass is 348 g/mol. The number of fused-ring (bicyclic) bond motifs is 1. The summed E-state index contributed by atoms with van der Waals surface area (Å²) in [6.07, 6.45) is 0.848. The van der Waals surface area contributed by atoms with Gasteiger partial charge in [0, 0.05) is 26.2 Å². The van der Waals surface area contributed by atoms with E-state index in [9.17, 15) is 4.79 Å². The van der Waals surface area contributed by atoms with Gasteiger partial charge in [-0.15, -0.1) is 0 Å². The van der Waals surface area contributed by atoms with E-state index in [0.717, 1.165) is 44.1 Å². The van der Waals surface area contributed by atoms with Gasteiger partial charge in [-0.2, -0.15) is 0 Å². The van der Waals surface area contributed by atoms with E-state index in [1.165, 1.54) is 0 Å². The number of nitrogens with zero attached hydrogens (tertiary/aromatic N) is 2. The molecule has 6 nitrogen and oxygen atoms in total. The molecule has 1 atom stereocenters. The lowest BCUT2D eigenvalue weighted by molar-refractivity contribution is 0.0420. The molecule has 0 spiro atoms. The van der Waals surface area contributed by atoms with E-state index in [2.05, 4.69) is 11.8 Å². The van der Waals surface area contributed by atoms with E-state index in [1.54, 1.807) is 0 Å².